The van der Waals surface area contributed by atoms with Gasteiger partial charge in [-0.1, -0.05) is 24.6 Å². The van der Waals surface area contributed by atoms with Crippen LogP contribution in [-0.2, 0) is 6.54 Å². The molecule has 0 saturated heterocycles. The Morgan fingerprint density at radius 2 is 2.11 bits per heavy atom. The molecular weight excluding hydrogens is 256 g/mol. The molecule has 3 heteroatoms. The van der Waals surface area contributed by atoms with E-state index < -0.39 is 0 Å². The molecule has 1 aliphatic rings. The van der Waals surface area contributed by atoms with E-state index in [4.69, 9.17) is 11.6 Å². The largest absolute Gasteiger partial charge is 0.369 e. The fourth-order valence-electron chi connectivity index (χ4n) is 2.42. The number of nitrogens with one attached hydrogen (secondary N) is 1. The first kappa shape index (κ1) is 14.7. The highest BCUT2D eigenvalue weighted by Crippen LogP contribution is 2.30. The third-order valence-electron chi connectivity index (χ3n) is 3.64. The molecule has 0 unspecified atom stereocenters. The topological polar surface area (TPSA) is 15.3 Å². The maximum atomic E-state index is 6.42. The van der Waals surface area contributed by atoms with E-state index in [1.54, 1.807) is 0 Å². The monoisotopic (exact) mass is 280 g/mol. The summed E-state index contributed by atoms with van der Waals surface area (Å²) in [6.07, 6.45) is 3.77. The summed E-state index contributed by atoms with van der Waals surface area (Å²) in [5.74, 6) is 0. The van der Waals surface area contributed by atoms with Crippen LogP contribution >= 0.6 is 11.6 Å². The zero-order valence-corrected chi connectivity index (χ0v) is 13.0. The minimum Gasteiger partial charge on any atom is -0.369 e. The molecule has 1 aromatic rings. The lowest BCUT2D eigenvalue weighted by Crippen LogP contribution is -2.33. The van der Waals surface area contributed by atoms with Crippen LogP contribution in [0.15, 0.2) is 18.2 Å². The summed E-state index contributed by atoms with van der Waals surface area (Å²) in [7, 11) is 0. The molecule has 0 bridgehead atoms. The van der Waals surface area contributed by atoms with E-state index in [0.717, 1.165) is 24.5 Å². The van der Waals surface area contributed by atoms with Crippen molar-refractivity contribution in [2.45, 2.75) is 58.7 Å². The molecule has 0 radical (unpaired) electrons. The summed E-state index contributed by atoms with van der Waals surface area (Å²) in [5.41, 5.74) is 2.54. The molecule has 2 nitrogen and oxygen atoms in total. The molecule has 0 atom stereocenters. The molecule has 0 heterocycles. The van der Waals surface area contributed by atoms with E-state index in [9.17, 15) is 0 Å². The van der Waals surface area contributed by atoms with Gasteiger partial charge in [0.25, 0.3) is 0 Å². The normalized spacial score (nSPS) is 15.0. The predicted molar refractivity (Wildman–Crippen MR) is 84.1 cm³/mol. The summed E-state index contributed by atoms with van der Waals surface area (Å²) in [4.78, 5) is 2.45. The lowest BCUT2D eigenvalue weighted by molar-refractivity contribution is 0.652. The van der Waals surface area contributed by atoms with Crippen LogP contribution in [0.3, 0.4) is 0 Å². The average molecular weight is 281 g/mol. The molecule has 0 aromatic heterocycles. The van der Waals surface area contributed by atoms with Gasteiger partial charge in [-0.05, 0) is 45.2 Å². The Bertz CT molecular complexity index is 413. The van der Waals surface area contributed by atoms with Crippen LogP contribution in [0.5, 0.6) is 0 Å². The van der Waals surface area contributed by atoms with Crippen molar-refractivity contribution in [2.75, 3.05) is 11.4 Å². The van der Waals surface area contributed by atoms with E-state index in [-0.39, 0.29) is 0 Å². The first-order valence-corrected chi connectivity index (χ1v) is 7.78. The molecule has 1 saturated carbocycles. The first-order chi connectivity index (χ1) is 9.13. The van der Waals surface area contributed by atoms with Crippen molar-refractivity contribution in [3.63, 3.8) is 0 Å². The zero-order chi connectivity index (χ0) is 13.8. The lowest BCUT2D eigenvalue weighted by Gasteiger charge is -2.31. The zero-order valence-electron chi connectivity index (χ0n) is 12.2. The highest BCUT2D eigenvalue weighted by Gasteiger charge is 2.22. The van der Waals surface area contributed by atoms with Gasteiger partial charge in [-0.15, -0.1) is 0 Å². The van der Waals surface area contributed by atoms with Gasteiger partial charge < -0.3 is 10.2 Å². The van der Waals surface area contributed by atoms with Crippen molar-refractivity contribution in [3.05, 3.63) is 28.8 Å². The Kier molecular flexibility index (Phi) is 5.12. The molecule has 1 fully saturated rings. The first-order valence-electron chi connectivity index (χ1n) is 7.41. The van der Waals surface area contributed by atoms with Crippen molar-refractivity contribution in [1.29, 1.82) is 0 Å². The van der Waals surface area contributed by atoms with Crippen LogP contribution in [0.25, 0.3) is 0 Å². The molecule has 1 aliphatic carbocycles. The van der Waals surface area contributed by atoms with Crippen LogP contribution < -0.4 is 10.2 Å². The minimum absolute atomic E-state index is 0.498. The summed E-state index contributed by atoms with van der Waals surface area (Å²) in [6.45, 7) is 8.67. The van der Waals surface area contributed by atoms with Crippen LogP contribution in [0.2, 0.25) is 5.02 Å². The molecular formula is C16H25ClN2. The van der Waals surface area contributed by atoms with Crippen LogP contribution in [-0.4, -0.2) is 18.6 Å². The Labute approximate surface area is 122 Å². The average Bonchev–Trinajstić information content (AvgIpc) is 3.18. The van der Waals surface area contributed by atoms with E-state index in [1.807, 2.05) is 6.07 Å². The Morgan fingerprint density at radius 3 is 2.68 bits per heavy atom. The van der Waals surface area contributed by atoms with E-state index in [0.29, 0.717) is 12.1 Å². The van der Waals surface area contributed by atoms with Crippen molar-refractivity contribution in [2.24, 2.45) is 0 Å². The number of anilines is 1. The van der Waals surface area contributed by atoms with Gasteiger partial charge in [0, 0.05) is 41.4 Å². The Hall–Kier alpha value is -0.730. The van der Waals surface area contributed by atoms with Gasteiger partial charge in [0.05, 0.1) is 0 Å². The van der Waals surface area contributed by atoms with Gasteiger partial charge in [-0.25, -0.2) is 0 Å². The second-order valence-corrected chi connectivity index (χ2v) is 6.09. The van der Waals surface area contributed by atoms with Gasteiger partial charge in [-0.2, -0.15) is 0 Å². The molecule has 2 rings (SSSR count). The summed E-state index contributed by atoms with van der Waals surface area (Å²) >= 11 is 6.42. The van der Waals surface area contributed by atoms with Gasteiger partial charge in [0.1, 0.15) is 0 Å². The third-order valence-corrected chi connectivity index (χ3v) is 3.99. The molecule has 1 N–H and O–H groups in total. The third kappa shape index (κ3) is 3.87. The van der Waals surface area contributed by atoms with Crippen LogP contribution in [0.4, 0.5) is 5.69 Å². The van der Waals surface area contributed by atoms with Gasteiger partial charge in [0.15, 0.2) is 0 Å². The number of hydrogen-bond acceptors (Lipinski definition) is 2. The maximum absolute atomic E-state index is 6.42. The SMILES string of the molecule is CCCN(c1cccc(Cl)c1CNC1CC1)C(C)C. The van der Waals surface area contributed by atoms with Gasteiger partial charge >= 0.3 is 0 Å². The highest BCUT2D eigenvalue weighted by atomic mass is 35.5. The fraction of sp³-hybridized carbons (Fsp3) is 0.625. The van der Waals surface area contributed by atoms with Crippen molar-refractivity contribution >= 4 is 17.3 Å². The quantitative estimate of drug-likeness (QED) is 0.805. The number of nitrogens with zero attached hydrogens (tertiary/aromatic N) is 1. The fourth-order valence-corrected chi connectivity index (χ4v) is 2.66. The van der Waals surface area contributed by atoms with Crippen molar-refractivity contribution in [3.8, 4) is 0 Å². The smallest absolute Gasteiger partial charge is 0.0471 e. The number of rotatable bonds is 7. The molecule has 0 amide bonds. The second-order valence-electron chi connectivity index (χ2n) is 5.68. The highest BCUT2D eigenvalue weighted by molar-refractivity contribution is 6.31. The molecule has 0 spiro atoms. The standard InChI is InChI=1S/C16H25ClN2/c1-4-10-19(12(2)3)16-7-5-6-15(17)14(16)11-18-13-8-9-13/h5-7,12-13,18H,4,8-11H2,1-3H3. The molecule has 1 aromatic carbocycles. The molecule has 106 valence electrons. The number of hydrogen-bond donors (Lipinski definition) is 1. The van der Waals surface area contributed by atoms with Crippen molar-refractivity contribution in [1.82, 2.24) is 5.32 Å². The van der Waals surface area contributed by atoms with E-state index >= 15 is 0 Å². The summed E-state index contributed by atoms with van der Waals surface area (Å²) in [6, 6.07) is 7.47. The van der Waals surface area contributed by atoms with Crippen LogP contribution in [0, 0.1) is 0 Å². The maximum Gasteiger partial charge on any atom is 0.0471 e. The minimum atomic E-state index is 0.498. The van der Waals surface area contributed by atoms with Gasteiger partial charge in [0.2, 0.25) is 0 Å². The van der Waals surface area contributed by atoms with E-state index in [1.165, 1.54) is 24.1 Å². The number of halogens is 1. The Morgan fingerprint density at radius 1 is 1.37 bits per heavy atom. The lowest BCUT2D eigenvalue weighted by atomic mass is 10.1. The Balaban J connectivity index is 2.22. The summed E-state index contributed by atoms with van der Waals surface area (Å²) in [5, 5.41) is 4.46. The van der Waals surface area contributed by atoms with Crippen LogP contribution in [0.1, 0.15) is 45.6 Å². The molecule has 0 aliphatic heterocycles. The predicted octanol–water partition coefficient (Wildman–Crippen LogP) is 4.22. The van der Waals surface area contributed by atoms with E-state index in [2.05, 4.69) is 43.1 Å². The number of benzene rings is 1. The summed E-state index contributed by atoms with van der Waals surface area (Å²) < 4.78 is 0. The molecule has 19 heavy (non-hydrogen) atoms. The van der Waals surface area contributed by atoms with Gasteiger partial charge in [-0.3, -0.25) is 0 Å². The second kappa shape index (κ2) is 6.62. The van der Waals surface area contributed by atoms with Crippen molar-refractivity contribution < 1.29 is 0 Å².